The highest BCUT2D eigenvalue weighted by Crippen LogP contribution is 2.53. The Morgan fingerprint density at radius 2 is 2.31 bits per heavy atom. The number of rotatable bonds is 2. The molecule has 0 spiro atoms. The average Bonchev–Trinajstić information content (AvgIpc) is 2.92. The third kappa shape index (κ3) is 1.29. The first kappa shape index (κ1) is 9.61. The van der Waals surface area contributed by atoms with E-state index in [1.54, 1.807) is 6.08 Å². The van der Waals surface area contributed by atoms with Crippen LogP contribution in [0.1, 0.15) is 30.9 Å². The van der Waals surface area contributed by atoms with Crippen LogP contribution in [0.5, 0.6) is 5.75 Å². The van der Waals surface area contributed by atoms with Gasteiger partial charge in [0.25, 0.3) is 0 Å². The number of para-hydroxylation sites is 1. The van der Waals surface area contributed by atoms with Crippen molar-refractivity contribution in [1.29, 1.82) is 0 Å². The van der Waals surface area contributed by atoms with Gasteiger partial charge in [0.1, 0.15) is 17.4 Å². The smallest absolute Gasteiger partial charge is 0.235 e. The molecule has 1 unspecified atom stereocenters. The highest BCUT2D eigenvalue weighted by Gasteiger charge is 2.48. The average molecular weight is 215 g/mol. The number of hydrogen-bond donors (Lipinski definition) is 0. The lowest BCUT2D eigenvalue weighted by Crippen LogP contribution is -2.08. The van der Waals surface area contributed by atoms with E-state index in [0.717, 1.165) is 30.6 Å². The van der Waals surface area contributed by atoms with Crippen LogP contribution in [0, 0.1) is 0 Å². The van der Waals surface area contributed by atoms with E-state index in [-0.39, 0.29) is 11.6 Å². The number of ether oxygens (including phenoxy) is 1. The lowest BCUT2D eigenvalue weighted by Gasteiger charge is -2.13. The maximum absolute atomic E-state index is 10.5. The van der Waals surface area contributed by atoms with Crippen LogP contribution in [-0.4, -0.2) is 12.2 Å². The highest BCUT2D eigenvalue weighted by atomic mass is 16.5. The minimum absolute atomic E-state index is 0.229. The zero-order chi connectivity index (χ0) is 11.2. The molecule has 1 aromatic rings. The molecule has 1 heterocycles. The number of hydrogen-bond acceptors (Lipinski definition) is 3. The largest absolute Gasteiger partial charge is 0.490 e. The molecule has 82 valence electrons. The van der Waals surface area contributed by atoms with Crippen LogP contribution < -0.4 is 4.74 Å². The molecule has 0 bridgehead atoms. The minimum Gasteiger partial charge on any atom is -0.490 e. The van der Waals surface area contributed by atoms with Crippen molar-refractivity contribution in [1.82, 2.24) is 0 Å². The van der Waals surface area contributed by atoms with Gasteiger partial charge in [-0.1, -0.05) is 18.2 Å². The van der Waals surface area contributed by atoms with Gasteiger partial charge in [0.15, 0.2) is 0 Å². The van der Waals surface area contributed by atoms with Crippen LogP contribution in [0.15, 0.2) is 23.2 Å². The molecule has 1 saturated carbocycles. The Balaban J connectivity index is 2.10. The summed E-state index contributed by atoms with van der Waals surface area (Å²) >= 11 is 0. The predicted molar refractivity (Wildman–Crippen MR) is 59.3 cm³/mol. The minimum atomic E-state index is -0.322. The summed E-state index contributed by atoms with van der Waals surface area (Å²) < 4.78 is 5.82. The number of benzene rings is 1. The van der Waals surface area contributed by atoms with Crippen molar-refractivity contribution in [3.8, 4) is 5.75 Å². The summed E-state index contributed by atoms with van der Waals surface area (Å²) in [4.78, 5) is 14.4. The van der Waals surface area contributed by atoms with Crippen LogP contribution >= 0.6 is 0 Å². The zero-order valence-electron chi connectivity index (χ0n) is 9.19. The van der Waals surface area contributed by atoms with E-state index in [1.165, 1.54) is 5.56 Å². The Kier molecular flexibility index (Phi) is 1.92. The van der Waals surface area contributed by atoms with E-state index in [2.05, 4.69) is 18.0 Å². The van der Waals surface area contributed by atoms with Crippen molar-refractivity contribution in [3.63, 3.8) is 0 Å². The first-order chi connectivity index (χ1) is 7.75. The normalized spacial score (nSPS) is 24.2. The Labute approximate surface area is 94.1 Å². The van der Waals surface area contributed by atoms with Crippen molar-refractivity contribution < 1.29 is 9.53 Å². The summed E-state index contributed by atoms with van der Waals surface area (Å²) in [6.45, 7) is 2.06. The van der Waals surface area contributed by atoms with E-state index < -0.39 is 0 Å². The molecule has 0 amide bonds. The number of aliphatic imine (C=N–C) groups is 1. The monoisotopic (exact) mass is 215 g/mol. The number of fused-ring (bicyclic) bond motifs is 1. The molecule has 2 aliphatic rings. The standard InChI is InChI=1S/C13H13NO2/c1-9-7-10-3-2-4-11(12(10)16-9)13(5-6-13)14-8-15/h2-4,9H,5-7H2,1H3. The summed E-state index contributed by atoms with van der Waals surface area (Å²) in [5.74, 6) is 0.950. The lowest BCUT2D eigenvalue weighted by atomic mass is 10.00. The molecule has 3 rings (SSSR count). The van der Waals surface area contributed by atoms with Gasteiger partial charge in [0, 0.05) is 12.0 Å². The topological polar surface area (TPSA) is 38.7 Å². The maximum Gasteiger partial charge on any atom is 0.235 e. The summed E-state index contributed by atoms with van der Waals surface area (Å²) in [5, 5.41) is 0. The van der Waals surface area contributed by atoms with Gasteiger partial charge in [-0.25, -0.2) is 4.79 Å². The number of nitrogens with zero attached hydrogens (tertiary/aromatic N) is 1. The summed E-state index contributed by atoms with van der Waals surface area (Å²) in [7, 11) is 0. The highest BCUT2D eigenvalue weighted by molar-refractivity contribution is 5.52. The second-order valence-corrected chi connectivity index (χ2v) is 4.66. The quantitative estimate of drug-likeness (QED) is 0.561. The zero-order valence-corrected chi connectivity index (χ0v) is 9.19. The molecule has 0 aromatic heterocycles. The summed E-state index contributed by atoms with van der Waals surface area (Å²) in [6.07, 6.45) is 4.72. The van der Waals surface area contributed by atoms with Gasteiger partial charge in [-0.2, -0.15) is 4.99 Å². The molecule has 3 nitrogen and oxygen atoms in total. The first-order valence-electron chi connectivity index (χ1n) is 5.63. The molecule has 16 heavy (non-hydrogen) atoms. The van der Waals surface area contributed by atoms with Crippen LogP contribution in [0.3, 0.4) is 0 Å². The summed E-state index contributed by atoms with van der Waals surface area (Å²) in [5.41, 5.74) is 1.98. The van der Waals surface area contributed by atoms with Crippen molar-refractivity contribution in [2.24, 2.45) is 4.99 Å². The number of isocyanates is 1. The first-order valence-corrected chi connectivity index (χ1v) is 5.63. The molecular formula is C13H13NO2. The van der Waals surface area contributed by atoms with E-state index in [1.807, 2.05) is 12.1 Å². The van der Waals surface area contributed by atoms with Gasteiger partial charge >= 0.3 is 0 Å². The van der Waals surface area contributed by atoms with Crippen molar-refractivity contribution in [2.75, 3.05) is 0 Å². The van der Waals surface area contributed by atoms with Gasteiger partial charge in [-0.3, -0.25) is 0 Å². The Hall–Kier alpha value is -1.60. The third-order valence-corrected chi connectivity index (χ3v) is 3.41. The van der Waals surface area contributed by atoms with Gasteiger partial charge < -0.3 is 4.74 Å². The maximum atomic E-state index is 10.5. The molecule has 0 saturated heterocycles. The van der Waals surface area contributed by atoms with Crippen LogP contribution in [0.25, 0.3) is 0 Å². The second kappa shape index (κ2) is 3.19. The molecule has 1 aliphatic carbocycles. The fourth-order valence-corrected chi connectivity index (χ4v) is 2.45. The molecule has 1 aliphatic heterocycles. The van der Waals surface area contributed by atoms with E-state index >= 15 is 0 Å². The van der Waals surface area contributed by atoms with E-state index in [9.17, 15) is 4.79 Å². The Morgan fingerprint density at radius 1 is 1.50 bits per heavy atom. The van der Waals surface area contributed by atoms with Gasteiger partial charge in [0.05, 0.1) is 0 Å². The van der Waals surface area contributed by atoms with E-state index in [0.29, 0.717) is 0 Å². The van der Waals surface area contributed by atoms with Crippen molar-refractivity contribution >= 4 is 6.08 Å². The lowest BCUT2D eigenvalue weighted by molar-refractivity contribution is 0.251. The predicted octanol–water partition coefficient (Wildman–Crippen LogP) is 2.33. The van der Waals surface area contributed by atoms with Gasteiger partial charge in [-0.15, -0.1) is 0 Å². The van der Waals surface area contributed by atoms with Crippen LogP contribution in [0.2, 0.25) is 0 Å². The SMILES string of the molecule is CC1Cc2cccc(C3(N=C=O)CC3)c2O1. The van der Waals surface area contributed by atoms with Crippen LogP contribution in [0.4, 0.5) is 0 Å². The molecule has 1 aromatic carbocycles. The van der Waals surface area contributed by atoms with Crippen molar-refractivity contribution in [2.45, 2.75) is 37.8 Å². The summed E-state index contributed by atoms with van der Waals surface area (Å²) in [6, 6.07) is 6.13. The van der Waals surface area contributed by atoms with Crippen molar-refractivity contribution in [3.05, 3.63) is 29.3 Å². The van der Waals surface area contributed by atoms with E-state index in [4.69, 9.17) is 4.74 Å². The molecule has 1 fully saturated rings. The van der Waals surface area contributed by atoms with Crippen LogP contribution in [-0.2, 0) is 16.8 Å². The van der Waals surface area contributed by atoms with Gasteiger partial charge in [0.2, 0.25) is 6.08 Å². The van der Waals surface area contributed by atoms with Gasteiger partial charge in [-0.05, 0) is 25.3 Å². The fourth-order valence-electron chi connectivity index (χ4n) is 2.45. The molecule has 3 heteroatoms. The molecule has 0 radical (unpaired) electrons. The third-order valence-electron chi connectivity index (χ3n) is 3.41. The molecule has 0 N–H and O–H groups in total. The molecule has 1 atom stereocenters. The Morgan fingerprint density at radius 3 is 3.00 bits per heavy atom. The fraction of sp³-hybridized carbons (Fsp3) is 0.462. The number of carbonyl (C=O) groups excluding carboxylic acids is 1. The molecular weight excluding hydrogens is 202 g/mol. The second-order valence-electron chi connectivity index (χ2n) is 4.66. The Bertz CT molecular complexity index is 485.